The minimum atomic E-state index is -1.81. The topological polar surface area (TPSA) is 26.3 Å². The lowest BCUT2D eigenvalue weighted by Gasteiger charge is -2.61. The normalized spacial score (nSPS) is 35.9. The van der Waals surface area contributed by atoms with Gasteiger partial charge in [0.05, 0.1) is 6.10 Å². The van der Waals surface area contributed by atoms with Crippen LogP contribution in [0.25, 0.3) is 0 Å². The Morgan fingerprint density at radius 2 is 1.68 bits per heavy atom. The molecule has 1 saturated carbocycles. The zero-order chi connectivity index (χ0) is 28.5. The SMILES string of the molecule is CC(C)C(=O)CC[C@@H](C)[C@H]1CC=C2C3=C(CC[C@@]21C)[C@@]1(C)CC[C@H](O[Si](C)(C)C(C)(C)C)C(C)(C)[C@@H]1CC3. The summed E-state index contributed by atoms with van der Waals surface area (Å²) in [4.78, 5) is 12.4. The van der Waals surface area contributed by atoms with Gasteiger partial charge in [-0.1, -0.05) is 80.9 Å². The number of carbonyl (C=O) groups excluding carboxylic acids is 1. The summed E-state index contributed by atoms with van der Waals surface area (Å²) in [5.41, 5.74) is 6.08. The van der Waals surface area contributed by atoms with E-state index in [9.17, 15) is 4.79 Å². The van der Waals surface area contributed by atoms with Gasteiger partial charge in [-0.05, 0) is 115 Å². The van der Waals surface area contributed by atoms with E-state index in [4.69, 9.17) is 4.43 Å². The maximum absolute atomic E-state index is 12.4. The van der Waals surface area contributed by atoms with Crippen LogP contribution in [-0.2, 0) is 9.22 Å². The van der Waals surface area contributed by atoms with Gasteiger partial charge < -0.3 is 4.43 Å². The summed E-state index contributed by atoms with van der Waals surface area (Å²) in [5, 5.41) is 0.255. The molecule has 0 radical (unpaired) electrons. The van der Waals surface area contributed by atoms with Crippen molar-refractivity contribution in [2.24, 2.45) is 39.9 Å². The maximum Gasteiger partial charge on any atom is 0.192 e. The predicted octanol–water partition coefficient (Wildman–Crippen LogP) is 10.3. The lowest BCUT2D eigenvalue weighted by atomic mass is 9.46. The standard InChI is InChI=1S/C35H60O2Si/c1-23(2)29(36)17-13-24(3)26-15-16-27-25-14-18-30-33(7,8)31(37-38(11,12)32(4,5)6)20-22-35(30,10)28(25)19-21-34(26,27)9/h16,23-24,26,30-31H,13-15,17-22H2,1-12H3/t24-,26-,30+,31+,34-,35-/m1/s1. The van der Waals surface area contributed by atoms with Gasteiger partial charge in [0.2, 0.25) is 0 Å². The second kappa shape index (κ2) is 10.0. The quantitative estimate of drug-likeness (QED) is 0.300. The molecule has 0 heterocycles. The summed E-state index contributed by atoms with van der Waals surface area (Å²) in [5.74, 6) is 2.58. The Hall–Kier alpha value is -0.673. The van der Waals surface area contributed by atoms with E-state index < -0.39 is 8.32 Å². The zero-order valence-electron chi connectivity index (χ0n) is 27.1. The Morgan fingerprint density at radius 1 is 1.03 bits per heavy atom. The molecule has 1 fully saturated rings. The van der Waals surface area contributed by atoms with Crippen LogP contribution in [0.2, 0.25) is 18.1 Å². The van der Waals surface area contributed by atoms with Gasteiger partial charge in [-0.25, -0.2) is 0 Å². The molecule has 4 aliphatic rings. The molecule has 0 aliphatic heterocycles. The number of hydrogen-bond donors (Lipinski definition) is 0. The van der Waals surface area contributed by atoms with Gasteiger partial charge in [-0.15, -0.1) is 0 Å². The minimum absolute atomic E-state index is 0.167. The van der Waals surface area contributed by atoms with Crippen molar-refractivity contribution in [2.75, 3.05) is 0 Å². The Labute approximate surface area is 237 Å². The van der Waals surface area contributed by atoms with Gasteiger partial charge in [0.1, 0.15) is 5.78 Å². The molecule has 0 spiro atoms. The molecule has 0 saturated heterocycles. The molecule has 0 aromatic heterocycles. The molecule has 0 bridgehead atoms. The highest BCUT2D eigenvalue weighted by molar-refractivity contribution is 6.74. The monoisotopic (exact) mass is 540 g/mol. The molecule has 216 valence electrons. The van der Waals surface area contributed by atoms with Crippen molar-refractivity contribution < 1.29 is 9.22 Å². The van der Waals surface area contributed by atoms with Crippen molar-refractivity contribution in [3.05, 3.63) is 22.8 Å². The number of allylic oxidation sites excluding steroid dienone is 4. The van der Waals surface area contributed by atoms with Crippen molar-refractivity contribution in [3.8, 4) is 0 Å². The predicted molar refractivity (Wildman–Crippen MR) is 165 cm³/mol. The van der Waals surface area contributed by atoms with Crippen LogP contribution in [0.5, 0.6) is 0 Å². The average Bonchev–Trinajstić information content (AvgIpc) is 3.15. The Morgan fingerprint density at radius 3 is 2.29 bits per heavy atom. The number of Topliss-reactive ketones (excluding diaryl/α,β-unsaturated/α-hetero) is 1. The number of carbonyl (C=O) groups is 1. The van der Waals surface area contributed by atoms with E-state index in [1.54, 1.807) is 11.1 Å². The Bertz CT molecular complexity index is 992. The zero-order valence-corrected chi connectivity index (χ0v) is 28.1. The number of ketones is 1. The molecule has 4 rings (SSSR count). The number of fused-ring (bicyclic) bond motifs is 4. The maximum atomic E-state index is 12.4. The van der Waals surface area contributed by atoms with Crippen molar-refractivity contribution >= 4 is 14.1 Å². The van der Waals surface area contributed by atoms with Gasteiger partial charge in [-0.3, -0.25) is 4.79 Å². The molecule has 3 heteroatoms. The van der Waals surface area contributed by atoms with Crippen LogP contribution in [0.4, 0.5) is 0 Å². The van der Waals surface area contributed by atoms with Crippen LogP contribution in [0, 0.1) is 39.9 Å². The first-order valence-electron chi connectivity index (χ1n) is 16.0. The van der Waals surface area contributed by atoms with Crippen molar-refractivity contribution in [2.45, 2.75) is 151 Å². The highest BCUT2D eigenvalue weighted by Gasteiger charge is 2.58. The Kier molecular flexibility index (Phi) is 7.97. The summed E-state index contributed by atoms with van der Waals surface area (Å²) in [7, 11) is -1.81. The molecule has 0 N–H and O–H groups in total. The Balaban J connectivity index is 1.56. The van der Waals surface area contributed by atoms with Crippen molar-refractivity contribution in [1.82, 2.24) is 0 Å². The average molecular weight is 541 g/mol. The molecule has 2 nitrogen and oxygen atoms in total. The lowest BCUT2D eigenvalue weighted by Crippen LogP contribution is -2.57. The molecular formula is C35H60O2Si. The first-order chi connectivity index (χ1) is 17.4. The molecular weight excluding hydrogens is 480 g/mol. The van der Waals surface area contributed by atoms with Crippen LogP contribution in [0.15, 0.2) is 22.8 Å². The van der Waals surface area contributed by atoms with Crippen LogP contribution < -0.4 is 0 Å². The molecule has 6 atom stereocenters. The van der Waals surface area contributed by atoms with Crippen molar-refractivity contribution in [1.29, 1.82) is 0 Å². The second-order valence-corrected chi connectivity index (χ2v) is 21.5. The van der Waals surface area contributed by atoms with Gasteiger partial charge in [-0.2, -0.15) is 0 Å². The minimum Gasteiger partial charge on any atom is -0.413 e. The smallest absolute Gasteiger partial charge is 0.192 e. The molecule has 0 unspecified atom stereocenters. The van der Waals surface area contributed by atoms with Crippen LogP contribution in [0.3, 0.4) is 0 Å². The molecule has 4 aliphatic carbocycles. The fourth-order valence-corrected chi connectivity index (χ4v) is 10.7. The lowest BCUT2D eigenvalue weighted by molar-refractivity contribution is -0.122. The fourth-order valence-electron chi connectivity index (χ4n) is 9.17. The molecule has 0 amide bonds. The number of hydrogen-bond acceptors (Lipinski definition) is 2. The van der Waals surface area contributed by atoms with E-state index in [1.807, 2.05) is 19.4 Å². The number of rotatable bonds is 7. The van der Waals surface area contributed by atoms with Gasteiger partial charge in [0.15, 0.2) is 8.32 Å². The summed E-state index contributed by atoms with van der Waals surface area (Å²) in [6, 6.07) is 0. The van der Waals surface area contributed by atoms with E-state index >= 15 is 0 Å². The summed E-state index contributed by atoms with van der Waals surface area (Å²) in [6.07, 6.45) is 13.6. The molecule has 38 heavy (non-hydrogen) atoms. The summed E-state index contributed by atoms with van der Waals surface area (Å²) < 4.78 is 7.16. The van der Waals surface area contributed by atoms with Crippen LogP contribution in [-0.4, -0.2) is 20.2 Å². The van der Waals surface area contributed by atoms with E-state index in [-0.39, 0.29) is 16.4 Å². The first-order valence-corrected chi connectivity index (χ1v) is 18.9. The summed E-state index contributed by atoms with van der Waals surface area (Å²) in [6.45, 7) is 28.8. The van der Waals surface area contributed by atoms with Gasteiger partial charge in [0.25, 0.3) is 0 Å². The summed E-state index contributed by atoms with van der Waals surface area (Å²) >= 11 is 0. The van der Waals surface area contributed by atoms with Crippen LogP contribution >= 0.6 is 0 Å². The third-order valence-electron chi connectivity index (χ3n) is 12.8. The third-order valence-corrected chi connectivity index (χ3v) is 17.3. The van der Waals surface area contributed by atoms with Gasteiger partial charge >= 0.3 is 0 Å². The third kappa shape index (κ3) is 4.88. The van der Waals surface area contributed by atoms with E-state index in [1.165, 1.54) is 44.9 Å². The van der Waals surface area contributed by atoms with E-state index in [2.05, 4.69) is 74.6 Å². The van der Waals surface area contributed by atoms with E-state index in [0.29, 0.717) is 40.5 Å². The van der Waals surface area contributed by atoms with E-state index in [0.717, 1.165) is 12.8 Å². The largest absolute Gasteiger partial charge is 0.413 e. The second-order valence-electron chi connectivity index (χ2n) is 16.7. The fraction of sp³-hybridized carbons (Fsp3) is 0.857. The van der Waals surface area contributed by atoms with Crippen molar-refractivity contribution in [3.63, 3.8) is 0 Å². The molecule has 0 aromatic rings. The molecule has 0 aromatic carbocycles. The van der Waals surface area contributed by atoms with Gasteiger partial charge in [0, 0.05) is 12.3 Å². The highest BCUT2D eigenvalue weighted by atomic mass is 28.4. The highest BCUT2D eigenvalue weighted by Crippen LogP contribution is 2.67. The van der Waals surface area contributed by atoms with Crippen LogP contribution in [0.1, 0.15) is 127 Å². The first kappa shape index (κ1) is 30.3.